The number of nitrogens with one attached hydrogen (secondary N) is 1. The van der Waals surface area contributed by atoms with E-state index >= 15 is 0 Å². The van der Waals surface area contributed by atoms with Gasteiger partial charge in [0.2, 0.25) is 5.91 Å². The van der Waals surface area contributed by atoms with Gasteiger partial charge in [0.25, 0.3) is 5.56 Å². The lowest BCUT2D eigenvalue weighted by atomic mass is 10.2. The van der Waals surface area contributed by atoms with E-state index in [0.29, 0.717) is 32.2 Å². The molecule has 1 aromatic heterocycles. The van der Waals surface area contributed by atoms with Crippen LogP contribution in [0.2, 0.25) is 10.0 Å². The minimum Gasteiger partial charge on any atom is -0.325 e. The number of aryl methyl sites for hydroxylation is 1. The molecule has 1 aliphatic rings. The van der Waals surface area contributed by atoms with Crippen molar-refractivity contribution in [1.29, 1.82) is 0 Å². The van der Waals surface area contributed by atoms with Gasteiger partial charge in [0.1, 0.15) is 0 Å². The number of carbonyl (C=O) groups excluding carboxylic acids is 1. The van der Waals surface area contributed by atoms with Gasteiger partial charge >= 0.3 is 0 Å². The number of benzene rings is 1. The Morgan fingerprint density at radius 1 is 1.48 bits per heavy atom. The van der Waals surface area contributed by atoms with E-state index in [9.17, 15) is 9.59 Å². The third-order valence-corrected chi connectivity index (χ3v) is 5.19. The summed E-state index contributed by atoms with van der Waals surface area (Å²) in [4.78, 5) is 28.8. The van der Waals surface area contributed by atoms with Crippen LogP contribution in [0.5, 0.6) is 0 Å². The van der Waals surface area contributed by atoms with Crippen LogP contribution in [-0.4, -0.2) is 21.2 Å². The molecular formula is C15H13Cl2N3O2S. The first-order valence-electron chi connectivity index (χ1n) is 6.91. The van der Waals surface area contributed by atoms with E-state index in [4.69, 9.17) is 23.2 Å². The van der Waals surface area contributed by atoms with Gasteiger partial charge in [-0.2, -0.15) is 0 Å². The molecule has 2 heterocycles. The topological polar surface area (TPSA) is 64.0 Å². The first-order chi connectivity index (χ1) is 11.0. The Balaban J connectivity index is 1.76. The predicted molar refractivity (Wildman–Crippen MR) is 92.7 cm³/mol. The van der Waals surface area contributed by atoms with Crippen LogP contribution < -0.4 is 10.9 Å². The molecule has 2 aromatic rings. The van der Waals surface area contributed by atoms with Crippen molar-refractivity contribution < 1.29 is 4.79 Å². The number of aromatic nitrogens is 2. The number of carbonyl (C=O) groups is 1. The van der Waals surface area contributed by atoms with E-state index in [0.717, 1.165) is 0 Å². The van der Waals surface area contributed by atoms with Gasteiger partial charge in [0.05, 0.1) is 16.8 Å². The number of halogens is 2. The number of amides is 1. The summed E-state index contributed by atoms with van der Waals surface area (Å²) in [5, 5.41) is 4.29. The van der Waals surface area contributed by atoms with Crippen LogP contribution in [0, 0.1) is 6.92 Å². The van der Waals surface area contributed by atoms with Crippen molar-refractivity contribution in [2.75, 3.05) is 11.1 Å². The second-order valence-electron chi connectivity index (χ2n) is 5.24. The lowest BCUT2D eigenvalue weighted by Gasteiger charge is -2.14. The van der Waals surface area contributed by atoms with Crippen LogP contribution in [-0.2, 0) is 4.79 Å². The SMILES string of the molecule is Cc1cnc2n(c1=O)C(CC(=O)Nc1ccc(Cl)cc1Cl)CS2. The lowest BCUT2D eigenvalue weighted by Crippen LogP contribution is -2.28. The molecule has 120 valence electrons. The maximum atomic E-state index is 12.3. The molecule has 1 unspecified atom stereocenters. The van der Waals surface area contributed by atoms with Crippen LogP contribution >= 0.6 is 35.0 Å². The molecular weight excluding hydrogens is 357 g/mol. The van der Waals surface area contributed by atoms with Crippen LogP contribution in [0.3, 0.4) is 0 Å². The molecule has 0 spiro atoms. The van der Waals surface area contributed by atoms with E-state index in [1.807, 2.05) is 0 Å². The van der Waals surface area contributed by atoms with E-state index < -0.39 is 0 Å². The molecule has 0 aliphatic carbocycles. The molecule has 23 heavy (non-hydrogen) atoms. The summed E-state index contributed by atoms with van der Waals surface area (Å²) < 4.78 is 1.60. The van der Waals surface area contributed by atoms with Gasteiger partial charge in [-0.15, -0.1) is 0 Å². The number of hydrogen-bond acceptors (Lipinski definition) is 4. The molecule has 8 heteroatoms. The minimum absolute atomic E-state index is 0.0951. The van der Waals surface area contributed by atoms with E-state index in [2.05, 4.69) is 10.3 Å². The number of nitrogens with zero attached hydrogens (tertiary/aromatic N) is 2. The van der Waals surface area contributed by atoms with Gasteiger partial charge in [0.15, 0.2) is 5.16 Å². The molecule has 1 amide bonds. The van der Waals surface area contributed by atoms with Crippen molar-refractivity contribution >= 4 is 46.6 Å². The van der Waals surface area contributed by atoms with Gasteiger partial charge in [-0.05, 0) is 25.1 Å². The quantitative estimate of drug-likeness (QED) is 0.840. The fourth-order valence-corrected chi connectivity index (χ4v) is 3.94. The highest BCUT2D eigenvalue weighted by Gasteiger charge is 2.27. The van der Waals surface area contributed by atoms with Crippen LogP contribution in [0.15, 0.2) is 34.3 Å². The molecule has 0 fully saturated rings. The van der Waals surface area contributed by atoms with Crippen LogP contribution in [0.25, 0.3) is 0 Å². The molecule has 1 aliphatic heterocycles. The van der Waals surface area contributed by atoms with E-state index in [-0.39, 0.29) is 23.9 Å². The average molecular weight is 370 g/mol. The Morgan fingerprint density at radius 2 is 2.26 bits per heavy atom. The van der Waals surface area contributed by atoms with Gasteiger partial charge in [0, 0.05) is 29.0 Å². The smallest absolute Gasteiger partial charge is 0.257 e. The Kier molecular flexibility index (Phi) is 4.66. The van der Waals surface area contributed by atoms with Gasteiger partial charge in [-0.25, -0.2) is 4.98 Å². The van der Waals surface area contributed by atoms with Crippen molar-refractivity contribution in [1.82, 2.24) is 9.55 Å². The maximum absolute atomic E-state index is 12.3. The molecule has 1 N–H and O–H groups in total. The first kappa shape index (κ1) is 16.4. The zero-order valence-electron chi connectivity index (χ0n) is 12.2. The van der Waals surface area contributed by atoms with Crippen molar-refractivity contribution in [3.05, 3.63) is 50.4 Å². The number of anilines is 1. The summed E-state index contributed by atoms with van der Waals surface area (Å²) in [5.41, 5.74) is 0.978. The average Bonchev–Trinajstić information content (AvgIpc) is 2.89. The lowest BCUT2D eigenvalue weighted by molar-refractivity contribution is -0.116. The largest absolute Gasteiger partial charge is 0.325 e. The van der Waals surface area contributed by atoms with Crippen molar-refractivity contribution in [2.24, 2.45) is 0 Å². The second kappa shape index (κ2) is 6.55. The molecule has 1 atom stereocenters. The monoisotopic (exact) mass is 369 g/mol. The Morgan fingerprint density at radius 3 is 3.00 bits per heavy atom. The standard InChI is InChI=1S/C15H13Cl2N3O2S/c1-8-6-18-15-20(14(8)22)10(7-23-15)5-13(21)19-12-3-2-9(16)4-11(12)17/h2-4,6,10H,5,7H2,1H3,(H,19,21). The highest BCUT2D eigenvalue weighted by Crippen LogP contribution is 2.32. The molecule has 3 rings (SSSR count). The Bertz CT molecular complexity index is 838. The summed E-state index contributed by atoms with van der Waals surface area (Å²) in [6.07, 6.45) is 1.75. The normalized spacial score (nSPS) is 16.2. The summed E-state index contributed by atoms with van der Waals surface area (Å²) in [7, 11) is 0. The Labute approximate surface area is 147 Å². The van der Waals surface area contributed by atoms with Crippen molar-refractivity contribution in [3.8, 4) is 0 Å². The summed E-state index contributed by atoms with van der Waals surface area (Å²) >= 11 is 13.4. The predicted octanol–water partition coefficient (Wildman–Crippen LogP) is 3.53. The molecule has 0 radical (unpaired) electrons. The maximum Gasteiger partial charge on any atom is 0.257 e. The third kappa shape index (κ3) is 3.39. The molecule has 0 saturated heterocycles. The fourth-order valence-electron chi connectivity index (χ4n) is 2.38. The number of rotatable bonds is 3. The minimum atomic E-state index is -0.207. The zero-order chi connectivity index (χ0) is 16.6. The molecule has 0 saturated carbocycles. The molecule has 0 bridgehead atoms. The first-order valence-corrected chi connectivity index (χ1v) is 8.65. The fraction of sp³-hybridized carbons (Fsp3) is 0.267. The van der Waals surface area contributed by atoms with Gasteiger partial charge in [-0.1, -0.05) is 35.0 Å². The van der Waals surface area contributed by atoms with Crippen molar-refractivity contribution in [2.45, 2.75) is 24.5 Å². The van der Waals surface area contributed by atoms with Gasteiger partial charge < -0.3 is 5.32 Å². The highest BCUT2D eigenvalue weighted by molar-refractivity contribution is 7.99. The van der Waals surface area contributed by atoms with Crippen LogP contribution in [0.4, 0.5) is 5.69 Å². The summed E-state index contributed by atoms with van der Waals surface area (Å²) in [6, 6.07) is 4.66. The number of hydrogen-bond donors (Lipinski definition) is 1. The van der Waals surface area contributed by atoms with Crippen molar-refractivity contribution in [3.63, 3.8) is 0 Å². The second-order valence-corrected chi connectivity index (χ2v) is 7.07. The van der Waals surface area contributed by atoms with E-state index in [1.165, 1.54) is 11.8 Å². The zero-order valence-corrected chi connectivity index (χ0v) is 14.5. The molecule has 1 aromatic carbocycles. The van der Waals surface area contributed by atoms with E-state index in [1.54, 1.807) is 35.9 Å². The highest BCUT2D eigenvalue weighted by atomic mass is 35.5. The molecule has 5 nitrogen and oxygen atoms in total. The third-order valence-electron chi connectivity index (χ3n) is 3.53. The Hall–Kier alpha value is -1.50. The van der Waals surface area contributed by atoms with Crippen LogP contribution in [0.1, 0.15) is 18.0 Å². The number of fused-ring (bicyclic) bond motifs is 1. The van der Waals surface area contributed by atoms with Gasteiger partial charge in [-0.3, -0.25) is 14.2 Å². The summed E-state index contributed by atoms with van der Waals surface area (Å²) in [6.45, 7) is 1.72. The number of thioether (sulfide) groups is 1. The summed E-state index contributed by atoms with van der Waals surface area (Å²) in [5.74, 6) is 0.439.